The van der Waals surface area contributed by atoms with Crippen molar-refractivity contribution in [3.8, 4) is 11.5 Å². The smallest absolute Gasteiger partial charge is 0.251 e. The molecule has 1 saturated heterocycles. The van der Waals surface area contributed by atoms with E-state index in [9.17, 15) is 4.79 Å². The van der Waals surface area contributed by atoms with Crippen LogP contribution in [0.25, 0.3) is 0 Å². The zero-order valence-corrected chi connectivity index (χ0v) is 15.7. The first-order valence-electron chi connectivity index (χ1n) is 9.02. The second kappa shape index (κ2) is 9.07. The van der Waals surface area contributed by atoms with Gasteiger partial charge in [0.1, 0.15) is 29.5 Å². The quantitative estimate of drug-likeness (QED) is 0.686. The Morgan fingerprint density at radius 3 is 2.41 bits per heavy atom. The monoisotopic (exact) mass is 371 g/mol. The highest BCUT2D eigenvalue weighted by molar-refractivity contribution is 5.95. The Bertz CT molecular complexity index is 755. The summed E-state index contributed by atoms with van der Waals surface area (Å²) in [6.45, 7) is 3.09. The minimum absolute atomic E-state index is 0.186. The molecule has 0 aliphatic carbocycles. The van der Waals surface area contributed by atoms with E-state index in [4.69, 9.17) is 9.47 Å². The van der Waals surface area contributed by atoms with Gasteiger partial charge < -0.3 is 25.0 Å². The lowest BCUT2D eigenvalue weighted by molar-refractivity contribution is 0.0954. The van der Waals surface area contributed by atoms with Crippen molar-refractivity contribution in [1.82, 2.24) is 15.3 Å². The molecule has 1 amide bonds. The molecule has 2 heterocycles. The Morgan fingerprint density at radius 2 is 1.74 bits per heavy atom. The predicted octanol–water partition coefficient (Wildman–Crippen LogP) is 1.94. The zero-order chi connectivity index (χ0) is 19.1. The summed E-state index contributed by atoms with van der Waals surface area (Å²) in [6, 6.07) is 7.03. The lowest BCUT2D eigenvalue weighted by Gasteiger charge is -2.16. The molecule has 144 valence electrons. The van der Waals surface area contributed by atoms with E-state index in [1.165, 1.54) is 12.8 Å². The Kier molecular flexibility index (Phi) is 6.30. The van der Waals surface area contributed by atoms with Crippen LogP contribution < -0.4 is 25.0 Å². The number of ether oxygens (including phenoxy) is 2. The van der Waals surface area contributed by atoms with Crippen LogP contribution in [0.4, 0.5) is 11.6 Å². The number of benzene rings is 1. The molecule has 1 aliphatic heterocycles. The van der Waals surface area contributed by atoms with E-state index in [0.29, 0.717) is 30.2 Å². The molecule has 1 aliphatic rings. The molecule has 8 heteroatoms. The molecular weight excluding hydrogens is 346 g/mol. The number of hydrogen-bond donors (Lipinski definition) is 2. The van der Waals surface area contributed by atoms with E-state index in [2.05, 4.69) is 25.5 Å². The summed E-state index contributed by atoms with van der Waals surface area (Å²) in [5.74, 6) is 2.66. The van der Waals surface area contributed by atoms with Gasteiger partial charge in [-0.3, -0.25) is 4.79 Å². The molecule has 1 aromatic carbocycles. The topological polar surface area (TPSA) is 88.6 Å². The number of carbonyl (C=O) groups excluding carboxylic acids is 1. The van der Waals surface area contributed by atoms with Crippen LogP contribution in [0.2, 0.25) is 0 Å². The summed E-state index contributed by atoms with van der Waals surface area (Å²) in [5, 5.41) is 6.09. The van der Waals surface area contributed by atoms with Crippen LogP contribution in [0.3, 0.4) is 0 Å². The largest absolute Gasteiger partial charge is 0.497 e. The second-order valence-electron chi connectivity index (χ2n) is 6.24. The normalized spacial score (nSPS) is 13.3. The van der Waals surface area contributed by atoms with Gasteiger partial charge in [0.05, 0.1) is 14.2 Å². The maximum Gasteiger partial charge on any atom is 0.251 e. The second-order valence-corrected chi connectivity index (χ2v) is 6.24. The van der Waals surface area contributed by atoms with Crippen LogP contribution in [-0.2, 0) is 0 Å². The fourth-order valence-electron chi connectivity index (χ4n) is 2.97. The summed E-state index contributed by atoms with van der Waals surface area (Å²) >= 11 is 0. The Labute approximate surface area is 158 Å². The fraction of sp³-hybridized carbons (Fsp3) is 0.421. The minimum atomic E-state index is -0.186. The third-order valence-corrected chi connectivity index (χ3v) is 4.41. The average molecular weight is 371 g/mol. The average Bonchev–Trinajstić information content (AvgIpc) is 3.25. The maximum absolute atomic E-state index is 12.3. The van der Waals surface area contributed by atoms with Gasteiger partial charge in [-0.05, 0) is 25.0 Å². The molecule has 0 bridgehead atoms. The van der Waals surface area contributed by atoms with Crippen molar-refractivity contribution in [1.29, 1.82) is 0 Å². The van der Waals surface area contributed by atoms with Gasteiger partial charge in [0.25, 0.3) is 5.91 Å². The Hall–Kier alpha value is -3.03. The zero-order valence-electron chi connectivity index (χ0n) is 15.7. The highest BCUT2D eigenvalue weighted by Crippen LogP contribution is 2.22. The number of amides is 1. The highest BCUT2D eigenvalue weighted by Gasteiger charge is 2.14. The first-order valence-corrected chi connectivity index (χ1v) is 9.02. The third-order valence-electron chi connectivity index (χ3n) is 4.41. The van der Waals surface area contributed by atoms with Crippen LogP contribution in [-0.4, -0.2) is 56.3 Å². The number of nitrogens with zero attached hydrogens (tertiary/aromatic N) is 3. The summed E-state index contributed by atoms with van der Waals surface area (Å²) in [7, 11) is 3.11. The number of nitrogens with one attached hydrogen (secondary N) is 2. The standard InChI is InChI=1S/C19H25N5O3/c1-26-15-9-14(10-16(11-15)27-2)19(25)21-6-5-20-17-12-18(23-13-22-17)24-7-3-4-8-24/h9-13H,3-8H2,1-2H3,(H,21,25)(H,20,22,23). The molecule has 2 N–H and O–H groups in total. The number of hydrogen-bond acceptors (Lipinski definition) is 7. The lowest BCUT2D eigenvalue weighted by Crippen LogP contribution is -2.29. The molecule has 0 saturated carbocycles. The van der Waals surface area contributed by atoms with E-state index < -0.39 is 0 Å². The van der Waals surface area contributed by atoms with Crippen molar-refractivity contribution >= 4 is 17.5 Å². The summed E-state index contributed by atoms with van der Waals surface area (Å²) < 4.78 is 10.4. The van der Waals surface area contributed by atoms with E-state index in [1.807, 2.05) is 6.07 Å². The minimum Gasteiger partial charge on any atom is -0.497 e. The fourth-order valence-corrected chi connectivity index (χ4v) is 2.97. The van der Waals surface area contributed by atoms with E-state index in [-0.39, 0.29) is 5.91 Å². The molecule has 0 atom stereocenters. The SMILES string of the molecule is COc1cc(OC)cc(C(=O)NCCNc2cc(N3CCCC3)ncn2)c1. The lowest BCUT2D eigenvalue weighted by atomic mass is 10.2. The molecule has 0 radical (unpaired) electrons. The molecule has 27 heavy (non-hydrogen) atoms. The van der Waals surface area contributed by atoms with Crippen LogP contribution in [0.15, 0.2) is 30.6 Å². The van der Waals surface area contributed by atoms with Crippen molar-refractivity contribution in [2.24, 2.45) is 0 Å². The van der Waals surface area contributed by atoms with Gasteiger partial charge in [-0.15, -0.1) is 0 Å². The molecule has 1 aromatic heterocycles. The Morgan fingerprint density at radius 1 is 1.04 bits per heavy atom. The van der Waals surface area contributed by atoms with Crippen molar-refractivity contribution in [2.45, 2.75) is 12.8 Å². The number of anilines is 2. The maximum atomic E-state index is 12.3. The van der Waals surface area contributed by atoms with Crippen molar-refractivity contribution in [2.75, 3.05) is 50.6 Å². The van der Waals surface area contributed by atoms with Gasteiger partial charge in [-0.2, -0.15) is 0 Å². The van der Waals surface area contributed by atoms with Gasteiger partial charge in [0, 0.05) is 43.9 Å². The number of rotatable bonds is 8. The van der Waals surface area contributed by atoms with Crippen molar-refractivity contribution < 1.29 is 14.3 Å². The molecule has 0 unspecified atom stereocenters. The third kappa shape index (κ3) is 4.99. The van der Waals surface area contributed by atoms with Crippen LogP contribution in [0.5, 0.6) is 11.5 Å². The van der Waals surface area contributed by atoms with Gasteiger partial charge in [-0.1, -0.05) is 0 Å². The van der Waals surface area contributed by atoms with Crippen LogP contribution in [0, 0.1) is 0 Å². The summed E-state index contributed by atoms with van der Waals surface area (Å²) in [6.07, 6.45) is 3.97. The summed E-state index contributed by atoms with van der Waals surface area (Å²) in [5.41, 5.74) is 0.490. The first-order chi connectivity index (χ1) is 13.2. The van der Waals surface area contributed by atoms with Gasteiger partial charge in [0.2, 0.25) is 0 Å². The highest BCUT2D eigenvalue weighted by atomic mass is 16.5. The predicted molar refractivity (Wildman–Crippen MR) is 104 cm³/mol. The van der Waals surface area contributed by atoms with Crippen LogP contribution in [0.1, 0.15) is 23.2 Å². The van der Waals surface area contributed by atoms with E-state index in [1.54, 1.807) is 38.7 Å². The molecule has 1 fully saturated rings. The molecule has 3 rings (SSSR count). The molecular formula is C19H25N5O3. The van der Waals surface area contributed by atoms with E-state index >= 15 is 0 Å². The van der Waals surface area contributed by atoms with Gasteiger partial charge in [-0.25, -0.2) is 9.97 Å². The van der Waals surface area contributed by atoms with Crippen LogP contribution >= 0.6 is 0 Å². The van der Waals surface area contributed by atoms with Gasteiger partial charge in [0.15, 0.2) is 0 Å². The van der Waals surface area contributed by atoms with Gasteiger partial charge >= 0.3 is 0 Å². The van der Waals surface area contributed by atoms with Crippen molar-refractivity contribution in [3.63, 3.8) is 0 Å². The number of methoxy groups -OCH3 is 2. The number of aromatic nitrogens is 2. The summed E-state index contributed by atoms with van der Waals surface area (Å²) in [4.78, 5) is 23.2. The molecule has 8 nitrogen and oxygen atoms in total. The van der Waals surface area contributed by atoms with Crippen molar-refractivity contribution in [3.05, 3.63) is 36.2 Å². The molecule has 2 aromatic rings. The number of carbonyl (C=O) groups is 1. The first kappa shape index (κ1) is 18.8. The Balaban J connectivity index is 1.50. The molecule has 0 spiro atoms. The van der Waals surface area contributed by atoms with E-state index in [0.717, 1.165) is 24.7 Å².